The molecule has 0 saturated carbocycles. The first kappa shape index (κ1) is 29.2. The number of aromatic nitrogens is 2. The number of nitrogens with two attached hydrogens (primary N) is 1. The van der Waals surface area contributed by atoms with E-state index in [-0.39, 0.29) is 35.9 Å². The minimum atomic E-state index is -0.666. The van der Waals surface area contributed by atoms with Crippen molar-refractivity contribution >= 4 is 35.0 Å². The van der Waals surface area contributed by atoms with Gasteiger partial charge in [-0.15, -0.1) is 0 Å². The summed E-state index contributed by atoms with van der Waals surface area (Å²) in [5.41, 5.74) is 7.99. The number of primary amides is 1. The van der Waals surface area contributed by atoms with Gasteiger partial charge < -0.3 is 31.9 Å². The van der Waals surface area contributed by atoms with Gasteiger partial charge in [0.05, 0.1) is 12.2 Å². The number of rotatable bonds is 14. The summed E-state index contributed by atoms with van der Waals surface area (Å²) in [6.45, 7) is 6.89. The number of nitrogens with one attached hydrogen (secondary N) is 4. The Hall–Kier alpha value is -3.99. The van der Waals surface area contributed by atoms with E-state index in [1.54, 1.807) is 20.2 Å². The van der Waals surface area contributed by atoms with Crippen LogP contribution in [-0.4, -0.2) is 72.4 Å². The van der Waals surface area contributed by atoms with E-state index in [1.807, 2.05) is 45.0 Å². The predicted molar refractivity (Wildman–Crippen MR) is 146 cm³/mol. The first-order valence-corrected chi connectivity index (χ1v) is 12.3. The Morgan fingerprint density at radius 2 is 1.92 bits per heavy atom. The highest BCUT2D eigenvalue weighted by Crippen LogP contribution is 2.23. The monoisotopic (exact) mass is 510 g/mol. The second-order valence-corrected chi connectivity index (χ2v) is 8.81. The van der Waals surface area contributed by atoms with Gasteiger partial charge in [-0.25, -0.2) is 9.97 Å². The minimum absolute atomic E-state index is 0.0284. The van der Waals surface area contributed by atoms with Crippen LogP contribution in [0.1, 0.15) is 42.5 Å². The second kappa shape index (κ2) is 14.5. The number of hydrogen-bond acceptors (Lipinski definition) is 8. The Kier molecular flexibility index (Phi) is 11.5. The maximum absolute atomic E-state index is 12.2. The molecule has 0 saturated heterocycles. The number of benzene rings is 1. The van der Waals surface area contributed by atoms with Gasteiger partial charge in [0, 0.05) is 37.9 Å². The van der Waals surface area contributed by atoms with Crippen LogP contribution in [0, 0.1) is 0 Å². The van der Waals surface area contributed by atoms with Gasteiger partial charge in [-0.05, 0) is 51.4 Å². The van der Waals surface area contributed by atoms with Crippen molar-refractivity contribution in [1.29, 1.82) is 0 Å². The molecule has 6 N–H and O–H groups in total. The van der Waals surface area contributed by atoms with E-state index in [4.69, 9.17) is 5.73 Å². The molecular formula is C26H38N8O3. The highest BCUT2D eigenvalue weighted by atomic mass is 16.2. The topological polar surface area (TPSA) is 154 Å². The summed E-state index contributed by atoms with van der Waals surface area (Å²) in [6, 6.07) is 7.70. The van der Waals surface area contributed by atoms with Crippen LogP contribution in [0.25, 0.3) is 0 Å². The lowest BCUT2D eigenvalue weighted by Crippen LogP contribution is -2.38. The summed E-state index contributed by atoms with van der Waals surface area (Å²) < 4.78 is 0. The molecule has 1 aromatic carbocycles. The fraction of sp³-hybridized carbons (Fsp3) is 0.423. The van der Waals surface area contributed by atoms with Gasteiger partial charge in [-0.2, -0.15) is 0 Å². The second-order valence-electron chi connectivity index (χ2n) is 8.81. The average Bonchev–Trinajstić information content (AvgIpc) is 2.84. The molecule has 0 fully saturated rings. The highest BCUT2D eigenvalue weighted by Gasteiger charge is 2.18. The lowest BCUT2D eigenvalue weighted by molar-refractivity contribution is -0.131. The number of aryl methyl sites for hydroxylation is 1. The number of nitrogens with zero attached hydrogens (tertiary/aromatic N) is 3. The van der Waals surface area contributed by atoms with Crippen molar-refractivity contribution in [3.05, 3.63) is 53.4 Å². The van der Waals surface area contributed by atoms with Crippen LogP contribution in [0.2, 0.25) is 0 Å². The Morgan fingerprint density at radius 3 is 2.57 bits per heavy atom. The van der Waals surface area contributed by atoms with E-state index in [1.165, 1.54) is 11.0 Å². The van der Waals surface area contributed by atoms with E-state index in [0.29, 0.717) is 43.1 Å². The van der Waals surface area contributed by atoms with E-state index < -0.39 is 5.91 Å². The molecule has 0 atom stereocenters. The summed E-state index contributed by atoms with van der Waals surface area (Å²) in [5.74, 6) is -0.267. The third-order valence-electron chi connectivity index (χ3n) is 5.23. The zero-order valence-electron chi connectivity index (χ0n) is 22.2. The van der Waals surface area contributed by atoms with Gasteiger partial charge in [0.2, 0.25) is 11.8 Å². The van der Waals surface area contributed by atoms with Crippen molar-refractivity contribution in [3.8, 4) is 0 Å². The van der Waals surface area contributed by atoms with Crippen molar-refractivity contribution in [2.45, 2.75) is 39.7 Å². The normalized spacial score (nSPS) is 11.0. The van der Waals surface area contributed by atoms with E-state index in [2.05, 4.69) is 31.2 Å². The Bertz CT molecular complexity index is 1120. The number of hydrogen-bond donors (Lipinski definition) is 5. The Morgan fingerprint density at radius 1 is 1.16 bits per heavy atom. The molecule has 2 rings (SSSR count). The van der Waals surface area contributed by atoms with Crippen molar-refractivity contribution in [2.75, 3.05) is 44.4 Å². The summed E-state index contributed by atoms with van der Waals surface area (Å²) in [6.07, 6.45) is 4.31. The molecule has 2 aromatic rings. The number of amides is 3. The van der Waals surface area contributed by atoms with Crippen LogP contribution in [0.4, 0.5) is 17.3 Å². The molecule has 0 aliphatic carbocycles. The van der Waals surface area contributed by atoms with Gasteiger partial charge in [-0.1, -0.05) is 25.1 Å². The van der Waals surface area contributed by atoms with Crippen molar-refractivity contribution < 1.29 is 14.4 Å². The molecule has 0 aliphatic heterocycles. The molecule has 37 heavy (non-hydrogen) atoms. The number of carbonyl (C=O) groups is 3. The Balaban J connectivity index is 2.03. The van der Waals surface area contributed by atoms with Crippen molar-refractivity contribution in [3.63, 3.8) is 0 Å². The molecule has 0 aliphatic rings. The fourth-order valence-electron chi connectivity index (χ4n) is 3.41. The summed E-state index contributed by atoms with van der Waals surface area (Å²) in [7, 11) is 3.37. The summed E-state index contributed by atoms with van der Waals surface area (Å²) in [4.78, 5) is 46.7. The van der Waals surface area contributed by atoms with Crippen LogP contribution in [0.5, 0.6) is 0 Å². The number of carbonyl (C=O) groups excluding carboxylic acids is 3. The average molecular weight is 511 g/mol. The summed E-state index contributed by atoms with van der Waals surface area (Å²) in [5, 5.41) is 12.2. The molecular weight excluding hydrogens is 472 g/mol. The molecule has 0 bridgehead atoms. The van der Waals surface area contributed by atoms with Crippen LogP contribution < -0.4 is 27.0 Å². The lowest BCUT2D eigenvalue weighted by Gasteiger charge is -2.17. The van der Waals surface area contributed by atoms with Crippen molar-refractivity contribution in [2.24, 2.45) is 5.73 Å². The Labute approximate surface area is 218 Å². The van der Waals surface area contributed by atoms with Crippen LogP contribution in [-0.2, 0) is 22.4 Å². The minimum Gasteiger partial charge on any atom is -0.366 e. The zero-order valence-corrected chi connectivity index (χ0v) is 22.2. The first-order chi connectivity index (χ1) is 17.6. The standard InChI is InChI=1S/C26H38N8O3/c1-6-20-25(30-17(2)3)33-26(23(32-20)24(27)37)31-19-10-7-9-18(15-19)12-14-29-21(35)16-34(5)22(36)11-8-13-28-4/h7-11,15,17,28H,6,12-14,16H2,1-5H3,(H2,27,37)(H,29,35)(H2,30,31,33)/b11-8+. The van der Waals surface area contributed by atoms with Gasteiger partial charge >= 0.3 is 0 Å². The van der Waals surface area contributed by atoms with Crippen LogP contribution in [0.15, 0.2) is 36.4 Å². The van der Waals surface area contributed by atoms with E-state index in [9.17, 15) is 14.4 Å². The largest absolute Gasteiger partial charge is 0.366 e. The number of likely N-dealkylation sites (N-methyl/N-ethyl adjacent to an activating group) is 2. The molecule has 1 aromatic heterocycles. The molecule has 0 unspecified atom stereocenters. The van der Waals surface area contributed by atoms with Crippen LogP contribution in [0.3, 0.4) is 0 Å². The fourth-order valence-corrected chi connectivity index (χ4v) is 3.41. The third kappa shape index (κ3) is 9.53. The number of anilines is 3. The lowest BCUT2D eigenvalue weighted by atomic mass is 10.1. The summed E-state index contributed by atoms with van der Waals surface area (Å²) >= 11 is 0. The SMILES string of the molecule is CCc1nc(C(N)=O)c(Nc2cccc(CCNC(=O)CN(C)C(=O)/C=C/CNC)c2)nc1NC(C)C. The van der Waals surface area contributed by atoms with Gasteiger partial charge in [0.1, 0.15) is 5.82 Å². The molecule has 1 heterocycles. The maximum Gasteiger partial charge on any atom is 0.271 e. The van der Waals surface area contributed by atoms with Gasteiger partial charge in [0.15, 0.2) is 11.5 Å². The predicted octanol–water partition coefficient (Wildman–Crippen LogP) is 1.59. The quantitative estimate of drug-likeness (QED) is 0.240. The first-order valence-electron chi connectivity index (χ1n) is 12.3. The molecule has 0 radical (unpaired) electrons. The molecule has 200 valence electrons. The van der Waals surface area contributed by atoms with Crippen LogP contribution >= 0.6 is 0 Å². The molecule has 0 spiro atoms. The van der Waals surface area contributed by atoms with Crippen molar-refractivity contribution in [1.82, 2.24) is 25.5 Å². The van der Waals surface area contributed by atoms with E-state index >= 15 is 0 Å². The maximum atomic E-state index is 12.2. The zero-order chi connectivity index (χ0) is 27.4. The van der Waals surface area contributed by atoms with E-state index in [0.717, 1.165) is 5.56 Å². The molecule has 3 amide bonds. The molecule has 11 heteroatoms. The van der Waals surface area contributed by atoms with Gasteiger partial charge in [-0.3, -0.25) is 14.4 Å². The smallest absolute Gasteiger partial charge is 0.271 e. The van der Waals surface area contributed by atoms with Gasteiger partial charge in [0.25, 0.3) is 5.91 Å². The highest BCUT2D eigenvalue weighted by molar-refractivity contribution is 5.96. The molecule has 11 nitrogen and oxygen atoms in total. The third-order valence-corrected chi connectivity index (χ3v) is 5.23.